The fraction of sp³-hybridized carbons (Fsp3) is 0.444. The lowest BCUT2D eigenvalue weighted by atomic mass is 9.92. The van der Waals surface area contributed by atoms with Crippen molar-refractivity contribution in [2.45, 2.75) is 76.7 Å². The quantitative estimate of drug-likeness (QED) is 0.688. The molecule has 3 heterocycles. The van der Waals surface area contributed by atoms with Gasteiger partial charge in [-0.3, -0.25) is 14.6 Å². The third-order valence-electron chi connectivity index (χ3n) is 7.09. The third-order valence-corrected chi connectivity index (χ3v) is 7.09. The number of pyridine rings is 1. The van der Waals surface area contributed by atoms with Crippen LogP contribution in [0.2, 0.25) is 0 Å². The number of rotatable bonds is 6. The van der Waals surface area contributed by atoms with E-state index in [0.29, 0.717) is 24.9 Å². The number of amides is 2. The van der Waals surface area contributed by atoms with Crippen molar-refractivity contribution in [3.8, 4) is 5.75 Å². The van der Waals surface area contributed by atoms with Gasteiger partial charge in [0.1, 0.15) is 17.9 Å². The van der Waals surface area contributed by atoms with Crippen molar-refractivity contribution in [1.82, 2.24) is 20.5 Å². The van der Waals surface area contributed by atoms with Gasteiger partial charge in [0.05, 0.1) is 5.69 Å². The topological polar surface area (TPSA) is 83.6 Å². The van der Waals surface area contributed by atoms with E-state index in [1.807, 2.05) is 43.3 Å². The van der Waals surface area contributed by atoms with Crippen molar-refractivity contribution < 1.29 is 14.3 Å². The first-order valence-corrected chi connectivity index (χ1v) is 12.2. The molecule has 3 unspecified atom stereocenters. The first-order valence-electron chi connectivity index (χ1n) is 12.2. The van der Waals surface area contributed by atoms with E-state index in [4.69, 9.17) is 4.74 Å². The summed E-state index contributed by atoms with van der Waals surface area (Å²) >= 11 is 0. The summed E-state index contributed by atoms with van der Waals surface area (Å²) in [6.07, 6.45) is 5.76. The molecule has 1 saturated carbocycles. The third kappa shape index (κ3) is 4.71. The summed E-state index contributed by atoms with van der Waals surface area (Å²) in [5.41, 5.74) is 4.36. The van der Waals surface area contributed by atoms with Gasteiger partial charge in [-0.2, -0.15) is 0 Å². The first kappa shape index (κ1) is 22.6. The number of nitrogens with one attached hydrogen (secondary N) is 2. The number of aromatic nitrogens is 1. The molecular weight excluding hydrogens is 428 g/mol. The lowest BCUT2D eigenvalue weighted by Gasteiger charge is -2.32. The summed E-state index contributed by atoms with van der Waals surface area (Å²) in [6.45, 7) is 6.99. The number of carbonyl (C=O) groups excluding carboxylic acids is 2. The van der Waals surface area contributed by atoms with Gasteiger partial charge in [-0.1, -0.05) is 19.1 Å². The number of ether oxygens (including phenoxy) is 1. The van der Waals surface area contributed by atoms with Crippen molar-refractivity contribution in [3.63, 3.8) is 0 Å². The molecule has 2 aromatic rings. The van der Waals surface area contributed by atoms with Crippen LogP contribution in [0, 0.1) is 6.92 Å². The molecule has 7 nitrogen and oxygen atoms in total. The van der Waals surface area contributed by atoms with Crippen LogP contribution < -0.4 is 15.4 Å². The van der Waals surface area contributed by atoms with Crippen LogP contribution in [0.1, 0.15) is 65.8 Å². The molecule has 1 aromatic heterocycles. The van der Waals surface area contributed by atoms with Gasteiger partial charge in [-0.25, -0.2) is 0 Å². The van der Waals surface area contributed by atoms with E-state index in [0.717, 1.165) is 54.2 Å². The van der Waals surface area contributed by atoms with Crippen LogP contribution in [0.15, 0.2) is 48.7 Å². The van der Waals surface area contributed by atoms with Gasteiger partial charge >= 0.3 is 0 Å². The number of allylic oxidation sites excluding steroid dienone is 1. The minimum absolute atomic E-state index is 0.0694. The monoisotopic (exact) mass is 460 g/mol. The highest BCUT2D eigenvalue weighted by Crippen LogP contribution is 2.32. The van der Waals surface area contributed by atoms with Gasteiger partial charge in [0.15, 0.2) is 0 Å². The SMILES string of the molecule is C=C1CCC(N2Cc3cc(OC4CCCCC4NCc4cccc(C)n4)ccc3C2=O)C(=O)N1. The summed E-state index contributed by atoms with van der Waals surface area (Å²) in [6, 6.07) is 11.6. The van der Waals surface area contributed by atoms with Gasteiger partial charge in [0.2, 0.25) is 5.91 Å². The van der Waals surface area contributed by atoms with Gasteiger partial charge < -0.3 is 20.3 Å². The molecule has 0 radical (unpaired) electrons. The van der Waals surface area contributed by atoms with Crippen LogP contribution in [0.25, 0.3) is 0 Å². The standard InChI is InChI=1S/C27H32N4O3/c1-17-6-5-7-20(29-17)15-28-23-8-3-4-9-25(23)34-21-11-12-22-19(14-21)16-31(27(22)33)24-13-10-18(2)30-26(24)32/h5-7,11-12,14,23-25,28H,2-4,8-10,13,15-16H2,1H3,(H,30,32). The number of carbonyl (C=O) groups is 2. The lowest BCUT2D eigenvalue weighted by Crippen LogP contribution is -2.49. The van der Waals surface area contributed by atoms with E-state index < -0.39 is 6.04 Å². The maximum atomic E-state index is 13.0. The predicted molar refractivity (Wildman–Crippen MR) is 129 cm³/mol. The first-order chi connectivity index (χ1) is 16.5. The van der Waals surface area contributed by atoms with Crippen molar-refractivity contribution in [2.24, 2.45) is 0 Å². The fourth-order valence-electron chi connectivity index (χ4n) is 5.28. The molecule has 2 fully saturated rings. The Bertz CT molecular complexity index is 1110. The molecule has 1 saturated heterocycles. The number of benzene rings is 1. The number of hydrogen-bond donors (Lipinski definition) is 2. The zero-order chi connectivity index (χ0) is 23.7. The van der Waals surface area contributed by atoms with E-state index in [1.54, 1.807) is 4.90 Å². The summed E-state index contributed by atoms with van der Waals surface area (Å²) in [5, 5.41) is 6.44. The largest absolute Gasteiger partial charge is 0.489 e. The van der Waals surface area contributed by atoms with Gasteiger partial charge in [-0.15, -0.1) is 0 Å². The number of aryl methyl sites for hydroxylation is 1. The second-order valence-corrected chi connectivity index (χ2v) is 9.60. The molecular formula is C27H32N4O3. The number of fused-ring (bicyclic) bond motifs is 1. The highest BCUT2D eigenvalue weighted by atomic mass is 16.5. The van der Waals surface area contributed by atoms with E-state index in [-0.39, 0.29) is 24.0 Å². The zero-order valence-electron chi connectivity index (χ0n) is 19.7. The van der Waals surface area contributed by atoms with Gasteiger partial charge in [0, 0.05) is 36.1 Å². The Labute approximate surface area is 200 Å². The molecule has 3 atom stereocenters. The van der Waals surface area contributed by atoms with Gasteiger partial charge in [-0.05, 0) is 74.9 Å². The van der Waals surface area contributed by atoms with E-state index in [9.17, 15) is 9.59 Å². The molecule has 34 heavy (non-hydrogen) atoms. The van der Waals surface area contributed by atoms with Crippen LogP contribution in [0.5, 0.6) is 5.75 Å². The van der Waals surface area contributed by atoms with E-state index >= 15 is 0 Å². The van der Waals surface area contributed by atoms with Crippen molar-refractivity contribution in [1.29, 1.82) is 0 Å². The van der Waals surface area contributed by atoms with Crippen LogP contribution in [-0.4, -0.2) is 39.9 Å². The molecule has 5 rings (SSSR count). The molecule has 178 valence electrons. The summed E-state index contributed by atoms with van der Waals surface area (Å²) < 4.78 is 6.45. The maximum absolute atomic E-state index is 13.0. The summed E-state index contributed by atoms with van der Waals surface area (Å²) in [4.78, 5) is 31.7. The molecule has 0 bridgehead atoms. The zero-order valence-corrected chi connectivity index (χ0v) is 19.7. The Hall–Kier alpha value is -3.19. The maximum Gasteiger partial charge on any atom is 0.255 e. The summed E-state index contributed by atoms with van der Waals surface area (Å²) in [7, 11) is 0. The van der Waals surface area contributed by atoms with Crippen LogP contribution >= 0.6 is 0 Å². The summed E-state index contributed by atoms with van der Waals surface area (Å²) in [5.74, 6) is 0.549. The second-order valence-electron chi connectivity index (χ2n) is 9.60. The van der Waals surface area contributed by atoms with Crippen LogP contribution in [0.3, 0.4) is 0 Å². The van der Waals surface area contributed by atoms with Crippen molar-refractivity contribution in [3.05, 3.63) is 71.2 Å². The molecule has 1 aliphatic carbocycles. The highest BCUT2D eigenvalue weighted by Gasteiger charge is 2.38. The van der Waals surface area contributed by atoms with Crippen LogP contribution in [0.4, 0.5) is 0 Å². The Morgan fingerprint density at radius 3 is 2.85 bits per heavy atom. The Morgan fingerprint density at radius 2 is 2.03 bits per heavy atom. The normalized spacial score (nSPS) is 24.7. The Kier molecular flexibility index (Phi) is 6.37. The molecule has 2 N–H and O–H groups in total. The molecule has 3 aliphatic rings. The second kappa shape index (κ2) is 9.58. The van der Waals surface area contributed by atoms with E-state index in [2.05, 4.69) is 22.2 Å². The average Bonchev–Trinajstić information content (AvgIpc) is 3.14. The average molecular weight is 461 g/mol. The van der Waals surface area contributed by atoms with Crippen molar-refractivity contribution in [2.75, 3.05) is 0 Å². The Balaban J connectivity index is 1.25. The lowest BCUT2D eigenvalue weighted by molar-refractivity contribution is -0.126. The van der Waals surface area contributed by atoms with Crippen molar-refractivity contribution >= 4 is 11.8 Å². The molecule has 0 spiro atoms. The van der Waals surface area contributed by atoms with Gasteiger partial charge in [0.25, 0.3) is 5.91 Å². The highest BCUT2D eigenvalue weighted by molar-refractivity contribution is 6.01. The molecule has 2 aliphatic heterocycles. The predicted octanol–water partition coefficient (Wildman–Crippen LogP) is 3.62. The van der Waals surface area contributed by atoms with Crippen LogP contribution in [-0.2, 0) is 17.9 Å². The fourth-order valence-corrected chi connectivity index (χ4v) is 5.28. The number of piperidine rings is 1. The Morgan fingerprint density at radius 1 is 1.18 bits per heavy atom. The number of hydrogen-bond acceptors (Lipinski definition) is 5. The smallest absolute Gasteiger partial charge is 0.255 e. The minimum atomic E-state index is -0.447. The molecule has 1 aromatic carbocycles. The number of nitrogens with zero attached hydrogens (tertiary/aromatic N) is 2. The molecule has 2 amide bonds. The minimum Gasteiger partial charge on any atom is -0.489 e. The van der Waals surface area contributed by atoms with E-state index in [1.165, 1.54) is 6.42 Å². The molecule has 7 heteroatoms.